The summed E-state index contributed by atoms with van der Waals surface area (Å²) in [5.41, 5.74) is 9.97. The van der Waals surface area contributed by atoms with Crippen molar-refractivity contribution in [3.63, 3.8) is 0 Å². The molecule has 1 aromatic rings. The molecule has 0 aliphatic heterocycles. The van der Waals surface area contributed by atoms with E-state index in [1.165, 1.54) is 29.5 Å². The molecule has 2 nitrogen and oxygen atoms in total. The maximum Gasteiger partial charge on any atom is 0.122 e. The Morgan fingerprint density at radius 3 is 2.47 bits per heavy atom. The predicted octanol–water partition coefficient (Wildman–Crippen LogP) is 2.30. The molecule has 1 aromatic carbocycles. The summed E-state index contributed by atoms with van der Waals surface area (Å²) in [6.45, 7) is 4.98. The third kappa shape index (κ3) is 1.63. The van der Waals surface area contributed by atoms with Gasteiger partial charge in [-0.2, -0.15) is 0 Å². The van der Waals surface area contributed by atoms with Crippen LogP contribution in [0.15, 0.2) is 12.1 Å². The highest BCUT2D eigenvalue weighted by Gasteiger charge is 2.43. The minimum atomic E-state index is 0.256. The van der Waals surface area contributed by atoms with Gasteiger partial charge in [0.05, 0.1) is 7.11 Å². The lowest BCUT2D eigenvalue weighted by atomic mass is 9.92. The van der Waals surface area contributed by atoms with Crippen molar-refractivity contribution >= 4 is 0 Å². The maximum atomic E-state index is 5.84. The number of aryl methyl sites for hydroxylation is 1. The van der Waals surface area contributed by atoms with Crippen molar-refractivity contribution in [1.29, 1.82) is 0 Å². The van der Waals surface area contributed by atoms with Crippen molar-refractivity contribution in [2.24, 2.45) is 5.73 Å². The van der Waals surface area contributed by atoms with Crippen LogP contribution < -0.4 is 10.5 Å². The molecule has 82 valence electrons. The second-order valence-electron chi connectivity index (χ2n) is 4.60. The van der Waals surface area contributed by atoms with Gasteiger partial charge in [0.15, 0.2) is 0 Å². The zero-order valence-electron chi connectivity index (χ0n) is 9.76. The predicted molar refractivity (Wildman–Crippen MR) is 62.4 cm³/mol. The summed E-state index contributed by atoms with van der Waals surface area (Å²) in [5.74, 6) is 0.990. The summed E-state index contributed by atoms with van der Waals surface area (Å²) in [6.07, 6.45) is 2.43. The van der Waals surface area contributed by atoms with E-state index in [-0.39, 0.29) is 5.41 Å². The van der Waals surface area contributed by atoms with Crippen LogP contribution in [0.4, 0.5) is 0 Å². The highest BCUT2D eigenvalue weighted by Crippen LogP contribution is 2.48. The van der Waals surface area contributed by atoms with E-state index in [0.717, 1.165) is 12.3 Å². The number of nitrogens with two attached hydrogens (primary N) is 1. The van der Waals surface area contributed by atoms with Crippen LogP contribution in [0.5, 0.6) is 5.75 Å². The lowest BCUT2D eigenvalue weighted by molar-refractivity contribution is 0.410. The number of benzene rings is 1. The average Bonchev–Trinajstić information content (AvgIpc) is 3.02. The van der Waals surface area contributed by atoms with Gasteiger partial charge in [0.25, 0.3) is 0 Å². The molecule has 0 atom stereocenters. The minimum Gasteiger partial charge on any atom is -0.496 e. The molecule has 1 aliphatic rings. The fraction of sp³-hybridized carbons (Fsp3) is 0.538. The molecule has 0 unspecified atom stereocenters. The zero-order valence-corrected chi connectivity index (χ0v) is 9.76. The SMILES string of the molecule is COc1cc(C2(CN)CC2)cc(C)c1C. The van der Waals surface area contributed by atoms with E-state index in [1.807, 2.05) is 0 Å². The second kappa shape index (κ2) is 3.53. The van der Waals surface area contributed by atoms with Gasteiger partial charge in [-0.15, -0.1) is 0 Å². The Labute approximate surface area is 91.4 Å². The van der Waals surface area contributed by atoms with E-state index >= 15 is 0 Å². The molecule has 0 aromatic heterocycles. The van der Waals surface area contributed by atoms with Gasteiger partial charge in [-0.05, 0) is 49.4 Å². The molecule has 0 radical (unpaired) electrons. The van der Waals surface area contributed by atoms with Gasteiger partial charge in [-0.1, -0.05) is 6.07 Å². The summed E-state index contributed by atoms with van der Waals surface area (Å²) >= 11 is 0. The number of ether oxygens (including phenoxy) is 1. The maximum absolute atomic E-state index is 5.84. The van der Waals surface area contributed by atoms with E-state index in [1.54, 1.807) is 7.11 Å². The molecule has 1 saturated carbocycles. The van der Waals surface area contributed by atoms with Crippen LogP contribution in [-0.2, 0) is 5.41 Å². The number of methoxy groups -OCH3 is 1. The smallest absolute Gasteiger partial charge is 0.122 e. The molecule has 0 spiro atoms. The molecule has 2 heteroatoms. The highest BCUT2D eigenvalue weighted by molar-refractivity contribution is 5.46. The minimum absolute atomic E-state index is 0.256. The average molecular weight is 205 g/mol. The third-order valence-corrected chi connectivity index (χ3v) is 3.70. The van der Waals surface area contributed by atoms with Crippen LogP contribution in [0.1, 0.15) is 29.5 Å². The monoisotopic (exact) mass is 205 g/mol. The van der Waals surface area contributed by atoms with Crippen LogP contribution in [0.25, 0.3) is 0 Å². The van der Waals surface area contributed by atoms with E-state index in [2.05, 4.69) is 26.0 Å². The molecule has 0 heterocycles. The van der Waals surface area contributed by atoms with Crippen molar-refractivity contribution in [2.75, 3.05) is 13.7 Å². The van der Waals surface area contributed by atoms with E-state index in [0.29, 0.717) is 0 Å². The molecule has 1 fully saturated rings. The highest BCUT2D eigenvalue weighted by atomic mass is 16.5. The Hall–Kier alpha value is -1.02. The van der Waals surface area contributed by atoms with Crippen molar-refractivity contribution in [1.82, 2.24) is 0 Å². The van der Waals surface area contributed by atoms with E-state index < -0.39 is 0 Å². The third-order valence-electron chi connectivity index (χ3n) is 3.70. The molecular weight excluding hydrogens is 186 g/mol. The van der Waals surface area contributed by atoms with Crippen LogP contribution in [0.3, 0.4) is 0 Å². The molecule has 2 rings (SSSR count). The van der Waals surface area contributed by atoms with Gasteiger partial charge in [0.1, 0.15) is 5.75 Å². The Balaban J connectivity index is 2.46. The Bertz CT molecular complexity index is 380. The van der Waals surface area contributed by atoms with Crippen LogP contribution >= 0.6 is 0 Å². The summed E-state index contributed by atoms with van der Waals surface area (Å²) in [4.78, 5) is 0. The lowest BCUT2D eigenvalue weighted by Crippen LogP contribution is -2.20. The standard InChI is InChI=1S/C13H19NO/c1-9-6-11(13(8-14)4-5-13)7-12(15-3)10(9)2/h6-7H,4-5,8,14H2,1-3H3. The van der Waals surface area contributed by atoms with Gasteiger partial charge in [-0.25, -0.2) is 0 Å². The largest absolute Gasteiger partial charge is 0.496 e. The molecule has 15 heavy (non-hydrogen) atoms. The van der Waals surface area contributed by atoms with Gasteiger partial charge in [-0.3, -0.25) is 0 Å². The first-order chi connectivity index (χ1) is 7.13. The normalized spacial score (nSPS) is 17.6. The molecule has 1 aliphatic carbocycles. The Morgan fingerprint density at radius 1 is 1.33 bits per heavy atom. The summed E-state index contributed by atoms with van der Waals surface area (Å²) < 4.78 is 5.39. The molecule has 0 amide bonds. The van der Waals surface area contributed by atoms with Crippen molar-refractivity contribution in [2.45, 2.75) is 32.1 Å². The number of hydrogen-bond donors (Lipinski definition) is 1. The van der Waals surface area contributed by atoms with Gasteiger partial charge < -0.3 is 10.5 Å². The first-order valence-corrected chi connectivity index (χ1v) is 5.49. The molecular formula is C13H19NO. The number of rotatable bonds is 3. The fourth-order valence-electron chi connectivity index (χ4n) is 2.11. The Kier molecular flexibility index (Phi) is 2.47. The molecule has 0 saturated heterocycles. The van der Waals surface area contributed by atoms with Gasteiger partial charge in [0, 0.05) is 12.0 Å². The first kappa shape index (κ1) is 10.5. The molecule has 0 bridgehead atoms. The fourth-order valence-corrected chi connectivity index (χ4v) is 2.11. The van der Waals surface area contributed by atoms with Crippen molar-refractivity contribution < 1.29 is 4.74 Å². The lowest BCUT2D eigenvalue weighted by Gasteiger charge is -2.17. The van der Waals surface area contributed by atoms with E-state index in [9.17, 15) is 0 Å². The van der Waals surface area contributed by atoms with Crippen LogP contribution in [-0.4, -0.2) is 13.7 Å². The van der Waals surface area contributed by atoms with Crippen LogP contribution in [0, 0.1) is 13.8 Å². The van der Waals surface area contributed by atoms with Gasteiger partial charge in [0.2, 0.25) is 0 Å². The Morgan fingerprint density at radius 2 is 2.00 bits per heavy atom. The second-order valence-corrected chi connectivity index (χ2v) is 4.60. The topological polar surface area (TPSA) is 35.2 Å². The summed E-state index contributed by atoms with van der Waals surface area (Å²) in [7, 11) is 1.73. The van der Waals surface area contributed by atoms with Crippen molar-refractivity contribution in [3.05, 3.63) is 28.8 Å². The van der Waals surface area contributed by atoms with E-state index in [4.69, 9.17) is 10.5 Å². The molecule has 2 N–H and O–H groups in total. The quantitative estimate of drug-likeness (QED) is 0.821. The number of hydrogen-bond acceptors (Lipinski definition) is 2. The summed E-state index contributed by atoms with van der Waals surface area (Å²) in [6, 6.07) is 4.42. The van der Waals surface area contributed by atoms with Crippen molar-refractivity contribution in [3.8, 4) is 5.75 Å². The van der Waals surface area contributed by atoms with Gasteiger partial charge >= 0.3 is 0 Å². The zero-order chi connectivity index (χ0) is 11.1. The first-order valence-electron chi connectivity index (χ1n) is 5.49. The summed E-state index contributed by atoms with van der Waals surface area (Å²) in [5, 5.41) is 0. The van der Waals surface area contributed by atoms with Crippen LogP contribution in [0.2, 0.25) is 0 Å².